The van der Waals surface area contributed by atoms with Gasteiger partial charge in [-0.2, -0.15) is 0 Å². The number of imide groups is 1. The molecule has 3 amide bonds. The summed E-state index contributed by atoms with van der Waals surface area (Å²) in [6.45, 7) is 3.90. The lowest BCUT2D eigenvalue weighted by molar-refractivity contribution is -0.120. The van der Waals surface area contributed by atoms with Gasteiger partial charge in [-0.1, -0.05) is 50.9 Å². The maximum atomic E-state index is 12.5. The van der Waals surface area contributed by atoms with Crippen LogP contribution in [0.3, 0.4) is 0 Å². The fourth-order valence-electron chi connectivity index (χ4n) is 3.58. The monoisotopic (exact) mass is 421 g/mol. The molecular weight excluding hydrogens is 394 g/mol. The summed E-state index contributed by atoms with van der Waals surface area (Å²) in [6.07, 6.45) is 6.59. The number of nitrogens with one attached hydrogen (secondary N) is 1. The van der Waals surface area contributed by atoms with Crippen LogP contribution in [0.15, 0.2) is 22.7 Å². The molecule has 0 aliphatic heterocycles. The van der Waals surface area contributed by atoms with Gasteiger partial charge in [-0.3, -0.25) is 10.1 Å². The highest BCUT2D eigenvalue weighted by Crippen LogP contribution is 2.36. The summed E-state index contributed by atoms with van der Waals surface area (Å²) in [7, 11) is 0. The number of carbonyl (C=O) groups excluding carboxylic acids is 2. The molecule has 1 atom stereocenters. The van der Waals surface area contributed by atoms with E-state index in [1.54, 1.807) is 11.3 Å². The Morgan fingerprint density at radius 1 is 1.32 bits per heavy atom. The van der Waals surface area contributed by atoms with E-state index >= 15 is 0 Å². The molecule has 1 fully saturated rings. The van der Waals surface area contributed by atoms with Crippen molar-refractivity contribution < 1.29 is 9.59 Å². The van der Waals surface area contributed by atoms with E-state index in [1.807, 2.05) is 19.9 Å². The van der Waals surface area contributed by atoms with Crippen molar-refractivity contribution in [3.63, 3.8) is 0 Å². The lowest BCUT2D eigenvalue weighted by Gasteiger charge is -2.27. The smallest absolute Gasteiger partial charge is 0.318 e. The molecule has 28 heavy (non-hydrogen) atoms. The van der Waals surface area contributed by atoms with Gasteiger partial charge in [-0.15, -0.1) is 21.5 Å². The van der Waals surface area contributed by atoms with Gasteiger partial charge in [0.15, 0.2) is 5.16 Å². The topological polar surface area (TPSA) is 103 Å². The van der Waals surface area contributed by atoms with Crippen molar-refractivity contribution in [1.82, 2.24) is 20.1 Å². The molecule has 152 valence electrons. The zero-order chi connectivity index (χ0) is 20.1. The average Bonchev–Trinajstić information content (AvgIpc) is 3.29. The molecule has 3 N–H and O–H groups in total. The summed E-state index contributed by atoms with van der Waals surface area (Å²) in [5, 5.41) is 13.5. The highest BCUT2D eigenvalue weighted by molar-refractivity contribution is 8.00. The van der Waals surface area contributed by atoms with E-state index < -0.39 is 11.3 Å². The van der Waals surface area contributed by atoms with Crippen LogP contribution < -0.4 is 11.1 Å². The van der Waals surface area contributed by atoms with Gasteiger partial charge in [-0.05, 0) is 30.2 Å². The summed E-state index contributed by atoms with van der Waals surface area (Å²) in [5.41, 5.74) is 5.14. The van der Waals surface area contributed by atoms with E-state index in [0.717, 1.165) is 30.2 Å². The first kappa shape index (κ1) is 20.9. The molecule has 0 aromatic carbocycles. The quantitative estimate of drug-likeness (QED) is 0.663. The summed E-state index contributed by atoms with van der Waals surface area (Å²) in [6, 6.07) is 3.67. The number of nitrogens with zero attached hydrogens (tertiary/aromatic N) is 3. The van der Waals surface area contributed by atoms with Crippen LogP contribution >= 0.6 is 23.1 Å². The summed E-state index contributed by atoms with van der Waals surface area (Å²) in [4.78, 5) is 24.8. The fourth-order valence-corrected chi connectivity index (χ4v) is 5.40. The molecule has 9 heteroatoms. The third kappa shape index (κ3) is 5.14. The summed E-state index contributed by atoms with van der Waals surface area (Å²) in [5.74, 6) is 0.571. The number of hydrogen-bond donors (Lipinski definition) is 2. The van der Waals surface area contributed by atoms with E-state index in [9.17, 15) is 9.59 Å². The number of urea groups is 1. The van der Waals surface area contributed by atoms with Crippen LogP contribution in [-0.4, -0.2) is 32.0 Å². The van der Waals surface area contributed by atoms with Gasteiger partial charge in [0.25, 0.3) is 0 Å². The zero-order valence-corrected chi connectivity index (χ0v) is 17.9. The molecule has 0 bridgehead atoms. The number of primary amides is 1. The molecule has 2 aromatic rings. The van der Waals surface area contributed by atoms with Crippen LogP contribution in [0.1, 0.15) is 62.7 Å². The Kier molecular flexibility index (Phi) is 7.12. The molecule has 3 rings (SSSR count). The molecule has 7 nitrogen and oxygen atoms in total. The predicted molar refractivity (Wildman–Crippen MR) is 111 cm³/mol. The fraction of sp³-hybridized carbons (Fsp3) is 0.579. The second kappa shape index (κ2) is 9.56. The molecule has 1 aliphatic carbocycles. The van der Waals surface area contributed by atoms with Gasteiger partial charge in [0.1, 0.15) is 5.82 Å². The molecule has 2 heterocycles. The Balaban J connectivity index is 1.89. The maximum Gasteiger partial charge on any atom is 0.318 e. The molecule has 0 radical (unpaired) electrons. The van der Waals surface area contributed by atoms with Crippen LogP contribution in [0.2, 0.25) is 0 Å². The summed E-state index contributed by atoms with van der Waals surface area (Å²) >= 11 is 3.08. The number of hydrogen-bond acceptors (Lipinski definition) is 6. The molecule has 2 aromatic heterocycles. The third-order valence-electron chi connectivity index (χ3n) is 4.93. The first-order chi connectivity index (χ1) is 13.5. The number of amides is 3. The molecular formula is C19H27N5O2S2. The molecule has 1 aliphatic rings. The lowest BCUT2D eigenvalue weighted by atomic mass is 9.95. The van der Waals surface area contributed by atoms with Crippen LogP contribution in [-0.2, 0) is 11.2 Å². The standard InChI is InChI=1S/C19H27N5O2S2/c1-12(2)16(17(25)21-18(20)26)28-19-23-22-15(11-14-9-6-10-27-14)24(19)13-7-4-3-5-8-13/h6,9-10,12-13,16H,3-5,7-8,11H2,1-2H3,(H3,20,21,25,26). The van der Waals surface area contributed by atoms with E-state index in [0.29, 0.717) is 6.04 Å². The van der Waals surface area contributed by atoms with E-state index in [1.165, 1.54) is 35.9 Å². The van der Waals surface area contributed by atoms with Crippen LogP contribution in [0.25, 0.3) is 0 Å². The normalized spacial score (nSPS) is 16.2. The Bertz CT molecular complexity index is 797. The number of carbonyl (C=O) groups is 2. The second-order valence-electron chi connectivity index (χ2n) is 7.45. The van der Waals surface area contributed by atoms with Gasteiger partial charge in [0.2, 0.25) is 5.91 Å². The number of aromatic nitrogens is 3. The van der Waals surface area contributed by atoms with Crippen molar-refractivity contribution in [3.05, 3.63) is 28.2 Å². The van der Waals surface area contributed by atoms with Crippen LogP contribution in [0.5, 0.6) is 0 Å². The van der Waals surface area contributed by atoms with Gasteiger partial charge in [-0.25, -0.2) is 4.79 Å². The first-order valence-electron chi connectivity index (χ1n) is 9.68. The van der Waals surface area contributed by atoms with Crippen molar-refractivity contribution in [2.24, 2.45) is 11.7 Å². The SMILES string of the molecule is CC(C)C(Sc1nnc(Cc2cccs2)n1C1CCCCC1)C(=O)NC(N)=O. The van der Waals surface area contributed by atoms with Gasteiger partial charge >= 0.3 is 6.03 Å². The largest absolute Gasteiger partial charge is 0.351 e. The number of thioether (sulfide) groups is 1. The van der Waals surface area contributed by atoms with E-state index in [-0.39, 0.29) is 11.8 Å². The Morgan fingerprint density at radius 2 is 2.07 bits per heavy atom. The third-order valence-corrected chi connectivity index (χ3v) is 7.31. The van der Waals surface area contributed by atoms with Gasteiger partial charge < -0.3 is 10.3 Å². The zero-order valence-electron chi connectivity index (χ0n) is 16.3. The van der Waals surface area contributed by atoms with Crippen LogP contribution in [0.4, 0.5) is 4.79 Å². The van der Waals surface area contributed by atoms with Crippen molar-refractivity contribution in [1.29, 1.82) is 0 Å². The van der Waals surface area contributed by atoms with Gasteiger partial charge in [0, 0.05) is 17.3 Å². The lowest BCUT2D eigenvalue weighted by Crippen LogP contribution is -2.42. The minimum atomic E-state index is -0.830. The predicted octanol–water partition coefficient (Wildman–Crippen LogP) is 3.75. The van der Waals surface area contributed by atoms with Crippen molar-refractivity contribution in [2.45, 2.75) is 68.8 Å². The van der Waals surface area contributed by atoms with Gasteiger partial charge in [0.05, 0.1) is 5.25 Å². The van der Waals surface area contributed by atoms with Crippen molar-refractivity contribution in [2.75, 3.05) is 0 Å². The highest BCUT2D eigenvalue weighted by Gasteiger charge is 2.30. The first-order valence-corrected chi connectivity index (χ1v) is 11.4. The minimum Gasteiger partial charge on any atom is -0.351 e. The average molecular weight is 422 g/mol. The Morgan fingerprint density at radius 3 is 2.68 bits per heavy atom. The molecule has 0 saturated heterocycles. The molecule has 0 spiro atoms. The number of thiophene rings is 1. The highest BCUT2D eigenvalue weighted by atomic mass is 32.2. The Labute approximate surface area is 173 Å². The molecule has 1 unspecified atom stereocenters. The second-order valence-corrected chi connectivity index (χ2v) is 9.59. The number of rotatable bonds is 7. The van der Waals surface area contributed by atoms with E-state index in [4.69, 9.17) is 5.73 Å². The maximum absolute atomic E-state index is 12.5. The minimum absolute atomic E-state index is 0.0154. The Hall–Kier alpha value is -1.87. The van der Waals surface area contributed by atoms with Crippen molar-refractivity contribution in [3.8, 4) is 0 Å². The van der Waals surface area contributed by atoms with E-state index in [2.05, 4.69) is 31.5 Å². The summed E-state index contributed by atoms with van der Waals surface area (Å²) < 4.78 is 2.23. The molecule has 1 saturated carbocycles. The number of nitrogens with two attached hydrogens (primary N) is 1. The van der Waals surface area contributed by atoms with Crippen LogP contribution in [0, 0.1) is 5.92 Å². The van der Waals surface area contributed by atoms with Crippen molar-refractivity contribution >= 4 is 35.0 Å².